The van der Waals surface area contributed by atoms with Gasteiger partial charge in [-0.05, 0) is 47.0 Å². The Morgan fingerprint density at radius 3 is 2.07 bits per heavy atom. The van der Waals surface area contributed by atoms with Gasteiger partial charge < -0.3 is 15.2 Å². The molecule has 0 saturated carbocycles. The van der Waals surface area contributed by atoms with E-state index in [1.54, 1.807) is 0 Å². The lowest BCUT2D eigenvalue weighted by Crippen LogP contribution is -2.31. The topological polar surface area (TPSA) is 93.5 Å². The second-order valence-corrected chi connectivity index (χ2v) is 9.14. The van der Waals surface area contributed by atoms with Crippen molar-refractivity contribution in [1.82, 2.24) is 15.1 Å². The number of nitrogens with one attached hydrogen (secondary N) is 1. The van der Waals surface area contributed by atoms with Crippen LogP contribution in [0.5, 0.6) is 5.75 Å². The second kappa shape index (κ2) is 11.7. The summed E-state index contributed by atoms with van der Waals surface area (Å²) >= 11 is 5.69. The number of carboxylic acids is 1. The van der Waals surface area contributed by atoms with E-state index in [0.29, 0.717) is 22.0 Å². The van der Waals surface area contributed by atoms with Crippen LogP contribution in [0.15, 0.2) is 72.9 Å². The van der Waals surface area contributed by atoms with Crippen molar-refractivity contribution in [2.45, 2.75) is 25.0 Å². The van der Waals surface area contributed by atoms with Crippen LogP contribution >= 0.6 is 11.6 Å². The standard InChI is InChI=1S/C27H17ClF7N3O4/c28-20-11-17(7-10-21(20)29)38-24(26(30,31)32)19(13-36-38)25(41)37-22(12-23(39)40)16-3-1-14(2-4-16)15-5-8-18(9-6-15)42-27(33,34)35/h1-11,13,22H,12H2,(H,37,41)(H,39,40). The molecule has 1 aromatic heterocycles. The molecule has 0 aliphatic heterocycles. The Kier molecular flexibility index (Phi) is 8.48. The molecule has 1 heterocycles. The van der Waals surface area contributed by atoms with Crippen molar-refractivity contribution < 1.29 is 50.2 Å². The number of aliphatic carboxylic acids is 1. The third-order valence-electron chi connectivity index (χ3n) is 5.85. The number of carboxylic acid groups (broad SMARTS) is 1. The first-order valence-electron chi connectivity index (χ1n) is 11.7. The number of amides is 1. The summed E-state index contributed by atoms with van der Waals surface area (Å²) in [5.41, 5.74) is -1.48. The van der Waals surface area contributed by atoms with E-state index in [1.165, 1.54) is 36.4 Å². The first-order valence-corrected chi connectivity index (χ1v) is 12.1. The van der Waals surface area contributed by atoms with Gasteiger partial charge in [-0.1, -0.05) is 48.0 Å². The molecule has 2 N–H and O–H groups in total. The Morgan fingerprint density at radius 2 is 1.55 bits per heavy atom. The molecule has 3 aromatic carbocycles. The minimum absolute atomic E-state index is 0.220. The van der Waals surface area contributed by atoms with Crippen LogP contribution in [0.3, 0.4) is 0 Å². The van der Waals surface area contributed by atoms with Gasteiger partial charge in [0.15, 0.2) is 5.69 Å². The maximum atomic E-state index is 14.0. The molecule has 0 aliphatic carbocycles. The number of carbonyl (C=O) groups is 2. The molecule has 4 aromatic rings. The van der Waals surface area contributed by atoms with Gasteiger partial charge in [0, 0.05) is 0 Å². The zero-order valence-corrected chi connectivity index (χ0v) is 21.6. The highest BCUT2D eigenvalue weighted by Crippen LogP contribution is 2.35. The number of hydrogen-bond donors (Lipinski definition) is 2. The Bertz CT molecular complexity index is 1600. The number of hydrogen-bond acceptors (Lipinski definition) is 4. The smallest absolute Gasteiger partial charge is 0.481 e. The molecule has 0 saturated heterocycles. The van der Waals surface area contributed by atoms with Gasteiger partial charge in [-0.15, -0.1) is 13.2 Å². The largest absolute Gasteiger partial charge is 0.573 e. The Balaban J connectivity index is 1.60. The van der Waals surface area contributed by atoms with Crippen LogP contribution in [0.4, 0.5) is 30.7 Å². The molecule has 0 fully saturated rings. The van der Waals surface area contributed by atoms with E-state index in [-0.39, 0.29) is 11.3 Å². The monoisotopic (exact) mass is 615 g/mol. The van der Waals surface area contributed by atoms with Gasteiger partial charge in [-0.2, -0.15) is 18.3 Å². The molecule has 15 heteroatoms. The van der Waals surface area contributed by atoms with Crippen molar-refractivity contribution >= 4 is 23.5 Å². The van der Waals surface area contributed by atoms with Gasteiger partial charge in [0.05, 0.1) is 34.9 Å². The Labute approximate surface area is 237 Å². The van der Waals surface area contributed by atoms with Crippen LogP contribution in [-0.4, -0.2) is 33.1 Å². The van der Waals surface area contributed by atoms with Crippen molar-refractivity contribution in [1.29, 1.82) is 0 Å². The zero-order chi connectivity index (χ0) is 30.8. The van der Waals surface area contributed by atoms with Crippen LogP contribution in [0.1, 0.15) is 34.1 Å². The van der Waals surface area contributed by atoms with E-state index in [4.69, 9.17) is 11.6 Å². The Morgan fingerprint density at radius 1 is 0.952 bits per heavy atom. The lowest BCUT2D eigenvalue weighted by molar-refractivity contribution is -0.274. The SMILES string of the molecule is O=C(O)CC(NC(=O)c1cnn(-c2ccc(F)c(Cl)c2)c1C(F)(F)F)c1ccc(-c2ccc(OC(F)(F)F)cc2)cc1. The molecule has 42 heavy (non-hydrogen) atoms. The highest BCUT2D eigenvalue weighted by atomic mass is 35.5. The van der Waals surface area contributed by atoms with E-state index in [2.05, 4.69) is 15.2 Å². The summed E-state index contributed by atoms with van der Waals surface area (Å²) in [7, 11) is 0. The number of nitrogens with zero attached hydrogens (tertiary/aromatic N) is 2. The predicted octanol–water partition coefficient (Wildman–Crippen LogP) is 7.20. The molecule has 7 nitrogen and oxygen atoms in total. The number of aromatic nitrogens is 2. The molecule has 4 rings (SSSR count). The predicted molar refractivity (Wildman–Crippen MR) is 135 cm³/mol. The molecular formula is C27H17ClF7N3O4. The molecule has 220 valence electrons. The van der Waals surface area contributed by atoms with Gasteiger partial charge in [0.1, 0.15) is 11.6 Å². The number of ether oxygens (including phenoxy) is 1. The summed E-state index contributed by atoms with van der Waals surface area (Å²) in [4.78, 5) is 24.5. The number of halogens is 8. The molecule has 0 aliphatic rings. The summed E-state index contributed by atoms with van der Waals surface area (Å²) in [6.45, 7) is 0. The molecule has 0 bridgehead atoms. The lowest BCUT2D eigenvalue weighted by Gasteiger charge is -2.19. The van der Waals surface area contributed by atoms with Gasteiger partial charge in [-0.25, -0.2) is 9.07 Å². The average Bonchev–Trinajstić information content (AvgIpc) is 3.36. The van der Waals surface area contributed by atoms with Crippen molar-refractivity contribution in [3.63, 3.8) is 0 Å². The summed E-state index contributed by atoms with van der Waals surface area (Å²) in [5, 5.41) is 14.8. The van der Waals surface area contributed by atoms with E-state index < -0.39 is 64.7 Å². The normalized spacial score (nSPS) is 12.6. The Hall–Kier alpha value is -4.59. The fourth-order valence-corrected chi connectivity index (χ4v) is 4.19. The van der Waals surface area contributed by atoms with Crippen molar-refractivity contribution in [3.8, 4) is 22.6 Å². The number of carbonyl (C=O) groups excluding carboxylic acids is 1. The highest BCUT2D eigenvalue weighted by molar-refractivity contribution is 6.30. The summed E-state index contributed by atoms with van der Waals surface area (Å²) < 4.78 is 97.0. The minimum atomic E-state index is -5.10. The van der Waals surface area contributed by atoms with Crippen LogP contribution in [-0.2, 0) is 11.0 Å². The van der Waals surface area contributed by atoms with Gasteiger partial charge in [0.2, 0.25) is 0 Å². The highest BCUT2D eigenvalue weighted by Gasteiger charge is 2.41. The summed E-state index contributed by atoms with van der Waals surface area (Å²) in [6.07, 6.45) is -10.0. The van der Waals surface area contributed by atoms with Crippen molar-refractivity contribution in [3.05, 3.63) is 101 Å². The van der Waals surface area contributed by atoms with Crippen LogP contribution in [0.25, 0.3) is 16.8 Å². The number of alkyl halides is 6. The maximum absolute atomic E-state index is 14.0. The van der Waals surface area contributed by atoms with E-state index in [0.717, 1.165) is 30.3 Å². The minimum Gasteiger partial charge on any atom is -0.481 e. The van der Waals surface area contributed by atoms with Crippen LogP contribution < -0.4 is 10.1 Å². The molecule has 0 radical (unpaired) electrons. The number of rotatable bonds is 8. The molecule has 1 amide bonds. The fourth-order valence-electron chi connectivity index (χ4n) is 4.02. The van der Waals surface area contributed by atoms with E-state index in [1.807, 2.05) is 0 Å². The number of benzene rings is 3. The van der Waals surface area contributed by atoms with E-state index in [9.17, 15) is 45.4 Å². The molecule has 1 atom stereocenters. The van der Waals surface area contributed by atoms with Gasteiger partial charge >= 0.3 is 18.5 Å². The lowest BCUT2D eigenvalue weighted by atomic mass is 9.98. The zero-order valence-electron chi connectivity index (χ0n) is 20.8. The van der Waals surface area contributed by atoms with Crippen LogP contribution in [0.2, 0.25) is 5.02 Å². The maximum Gasteiger partial charge on any atom is 0.573 e. The van der Waals surface area contributed by atoms with E-state index >= 15 is 0 Å². The quantitative estimate of drug-likeness (QED) is 0.205. The average molecular weight is 616 g/mol. The molecule has 0 spiro atoms. The third-order valence-corrected chi connectivity index (χ3v) is 6.14. The molecular weight excluding hydrogens is 599 g/mol. The molecule has 1 unspecified atom stereocenters. The first-order chi connectivity index (χ1) is 19.6. The van der Waals surface area contributed by atoms with Crippen molar-refractivity contribution in [2.75, 3.05) is 0 Å². The summed E-state index contributed by atoms with van der Waals surface area (Å²) in [5.74, 6) is -3.96. The van der Waals surface area contributed by atoms with Gasteiger partial charge in [0.25, 0.3) is 5.91 Å². The summed E-state index contributed by atoms with van der Waals surface area (Å²) in [6, 6.07) is 12.2. The fraction of sp³-hybridized carbons (Fsp3) is 0.148. The third kappa shape index (κ3) is 7.18. The second-order valence-electron chi connectivity index (χ2n) is 8.73. The van der Waals surface area contributed by atoms with Crippen LogP contribution in [0, 0.1) is 5.82 Å². The first kappa shape index (κ1) is 30.4. The van der Waals surface area contributed by atoms with Gasteiger partial charge in [-0.3, -0.25) is 9.59 Å². The van der Waals surface area contributed by atoms with Crippen molar-refractivity contribution in [2.24, 2.45) is 0 Å².